The number of carbonyl (C=O) groups is 2. The Labute approximate surface area is 179 Å². The maximum atomic E-state index is 13.6. The lowest BCUT2D eigenvalue weighted by molar-refractivity contribution is -0.136. The summed E-state index contributed by atoms with van der Waals surface area (Å²) >= 11 is 1.75. The minimum Gasteiger partial charge on any atom is -0.348 e. The zero-order valence-electron chi connectivity index (χ0n) is 16.8. The van der Waals surface area contributed by atoms with Crippen molar-refractivity contribution in [3.63, 3.8) is 0 Å². The van der Waals surface area contributed by atoms with Gasteiger partial charge in [-0.1, -0.05) is 18.2 Å². The molecule has 2 amide bonds. The average molecular weight is 434 g/mol. The van der Waals surface area contributed by atoms with E-state index in [1.807, 2.05) is 6.07 Å². The molecule has 0 aliphatic carbocycles. The minimum absolute atomic E-state index is 0.226. The standard InChI is InChI=1S/C22H25F2N3O2S/c1-30-20-5-3-2-4-16(20)14-27-10-8-15(9-11-27)13-25-21(28)22(29)26-19-7-6-17(23)12-18(19)24/h2-7,12,15H,8-11,13-14H2,1H3,(H,25,28)(H,26,29). The van der Waals surface area contributed by atoms with E-state index in [4.69, 9.17) is 0 Å². The molecule has 1 saturated heterocycles. The van der Waals surface area contributed by atoms with E-state index in [1.54, 1.807) is 11.8 Å². The van der Waals surface area contributed by atoms with Crippen LogP contribution in [-0.2, 0) is 16.1 Å². The second-order valence-corrected chi connectivity index (χ2v) is 8.17. The van der Waals surface area contributed by atoms with Crippen LogP contribution in [0.5, 0.6) is 0 Å². The Kier molecular flexibility index (Phi) is 7.81. The molecular weight excluding hydrogens is 408 g/mol. The molecule has 5 nitrogen and oxygen atoms in total. The molecule has 0 unspecified atom stereocenters. The first-order chi connectivity index (χ1) is 14.5. The summed E-state index contributed by atoms with van der Waals surface area (Å²) in [6, 6.07) is 11.1. The number of piperidine rings is 1. The van der Waals surface area contributed by atoms with E-state index in [2.05, 4.69) is 40.0 Å². The summed E-state index contributed by atoms with van der Waals surface area (Å²) in [5.41, 5.74) is 1.09. The molecular formula is C22H25F2N3O2S. The SMILES string of the molecule is CSc1ccccc1CN1CCC(CNC(=O)C(=O)Nc2ccc(F)cc2F)CC1. The molecule has 8 heteroatoms. The van der Waals surface area contributed by atoms with Gasteiger partial charge in [-0.15, -0.1) is 11.8 Å². The summed E-state index contributed by atoms with van der Waals surface area (Å²) in [5.74, 6) is -3.18. The van der Waals surface area contributed by atoms with E-state index in [-0.39, 0.29) is 11.6 Å². The van der Waals surface area contributed by atoms with Gasteiger partial charge in [0.1, 0.15) is 11.6 Å². The molecule has 1 heterocycles. The van der Waals surface area contributed by atoms with Gasteiger partial charge in [0.25, 0.3) is 0 Å². The Hall–Kier alpha value is -2.45. The van der Waals surface area contributed by atoms with Crippen molar-refractivity contribution >= 4 is 29.3 Å². The van der Waals surface area contributed by atoms with Gasteiger partial charge in [0.05, 0.1) is 5.69 Å². The largest absolute Gasteiger partial charge is 0.348 e. The molecule has 1 aliphatic rings. The number of nitrogens with one attached hydrogen (secondary N) is 2. The molecule has 0 bridgehead atoms. The van der Waals surface area contributed by atoms with Crippen molar-refractivity contribution < 1.29 is 18.4 Å². The van der Waals surface area contributed by atoms with E-state index in [0.717, 1.165) is 44.6 Å². The summed E-state index contributed by atoms with van der Waals surface area (Å²) in [5, 5.41) is 4.78. The molecule has 0 radical (unpaired) electrons. The smallest absolute Gasteiger partial charge is 0.313 e. The summed E-state index contributed by atoms with van der Waals surface area (Å²) in [7, 11) is 0. The summed E-state index contributed by atoms with van der Waals surface area (Å²) in [6.45, 7) is 3.15. The Bertz CT molecular complexity index is 902. The third-order valence-electron chi connectivity index (χ3n) is 5.23. The van der Waals surface area contributed by atoms with E-state index in [9.17, 15) is 18.4 Å². The first-order valence-electron chi connectivity index (χ1n) is 9.84. The van der Waals surface area contributed by atoms with Crippen LogP contribution in [0.15, 0.2) is 47.4 Å². The number of halogens is 2. The number of anilines is 1. The predicted molar refractivity (Wildman–Crippen MR) is 114 cm³/mol. The van der Waals surface area contributed by atoms with Crippen LogP contribution in [-0.4, -0.2) is 42.6 Å². The highest BCUT2D eigenvalue weighted by molar-refractivity contribution is 7.98. The molecule has 2 aromatic rings. The lowest BCUT2D eigenvalue weighted by Crippen LogP contribution is -2.41. The lowest BCUT2D eigenvalue weighted by atomic mass is 9.96. The second-order valence-electron chi connectivity index (χ2n) is 7.32. The second kappa shape index (κ2) is 10.5. The maximum Gasteiger partial charge on any atom is 0.313 e. The van der Waals surface area contributed by atoms with Crippen LogP contribution in [0.4, 0.5) is 14.5 Å². The number of nitrogens with zero attached hydrogens (tertiary/aromatic N) is 1. The van der Waals surface area contributed by atoms with Crippen LogP contribution in [0, 0.1) is 17.6 Å². The number of hydrogen-bond acceptors (Lipinski definition) is 4. The average Bonchev–Trinajstić information content (AvgIpc) is 2.75. The molecule has 3 rings (SSSR count). The number of hydrogen-bond donors (Lipinski definition) is 2. The van der Waals surface area contributed by atoms with Crippen molar-refractivity contribution in [3.05, 3.63) is 59.7 Å². The Morgan fingerprint density at radius 3 is 2.53 bits per heavy atom. The topological polar surface area (TPSA) is 61.4 Å². The van der Waals surface area contributed by atoms with Crippen molar-refractivity contribution in [2.75, 3.05) is 31.2 Å². The van der Waals surface area contributed by atoms with Gasteiger partial charge in [-0.2, -0.15) is 0 Å². The van der Waals surface area contributed by atoms with Gasteiger partial charge < -0.3 is 10.6 Å². The van der Waals surface area contributed by atoms with E-state index >= 15 is 0 Å². The summed E-state index contributed by atoms with van der Waals surface area (Å²) in [6.07, 6.45) is 3.93. The summed E-state index contributed by atoms with van der Waals surface area (Å²) < 4.78 is 26.5. The number of carbonyl (C=O) groups excluding carboxylic acids is 2. The summed E-state index contributed by atoms with van der Waals surface area (Å²) in [4.78, 5) is 27.6. The highest BCUT2D eigenvalue weighted by Crippen LogP contribution is 2.24. The van der Waals surface area contributed by atoms with Crippen LogP contribution in [0.3, 0.4) is 0 Å². The van der Waals surface area contributed by atoms with Gasteiger partial charge in [0, 0.05) is 24.1 Å². The Balaban J connectivity index is 1.41. The van der Waals surface area contributed by atoms with Gasteiger partial charge in [-0.3, -0.25) is 14.5 Å². The van der Waals surface area contributed by atoms with Gasteiger partial charge in [-0.05, 0) is 61.9 Å². The van der Waals surface area contributed by atoms with Crippen LogP contribution in [0.25, 0.3) is 0 Å². The van der Waals surface area contributed by atoms with Gasteiger partial charge >= 0.3 is 11.8 Å². The monoisotopic (exact) mass is 433 g/mol. The van der Waals surface area contributed by atoms with Gasteiger partial charge in [0.2, 0.25) is 0 Å². The van der Waals surface area contributed by atoms with E-state index < -0.39 is 23.4 Å². The normalized spacial score (nSPS) is 15.0. The van der Waals surface area contributed by atoms with Gasteiger partial charge in [-0.25, -0.2) is 8.78 Å². The highest BCUT2D eigenvalue weighted by atomic mass is 32.2. The number of thioether (sulfide) groups is 1. The van der Waals surface area contributed by atoms with Gasteiger partial charge in [0.15, 0.2) is 0 Å². The van der Waals surface area contributed by atoms with Crippen LogP contribution in [0.1, 0.15) is 18.4 Å². The fourth-order valence-electron chi connectivity index (χ4n) is 3.51. The molecule has 0 aromatic heterocycles. The number of likely N-dealkylation sites (tertiary alicyclic amines) is 1. The third kappa shape index (κ3) is 6.03. The van der Waals surface area contributed by atoms with E-state index in [0.29, 0.717) is 12.6 Å². The van der Waals surface area contributed by atoms with E-state index in [1.165, 1.54) is 10.5 Å². The molecule has 160 valence electrons. The predicted octanol–water partition coefficient (Wildman–Crippen LogP) is 3.65. The van der Waals surface area contributed by atoms with Crippen LogP contribution >= 0.6 is 11.8 Å². The quantitative estimate of drug-likeness (QED) is 0.539. The first-order valence-corrected chi connectivity index (χ1v) is 11.1. The molecule has 30 heavy (non-hydrogen) atoms. The lowest BCUT2D eigenvalue weighted by Gasteiger charge is -2.32. The molecule has 0 spiro atoms. The fourth-order valence-corrected chi connectivity index (χ4v) is 4.12. The van der Waals surface area contributed by atoms with Crippen molar-refractivity contribution in [1.29, 1.82) is 0 Å². The molecule has 0 saturated carbocycles. The van der Waals surface area contributed by atoms with Crippen LogP contribution in [0.2, 0.25) is 0 Å². The number of amides is 2. The first kappa shape index (κ1) is 22.2. The zero-order valence-corrected chi connectivity index (χ0v) is 17.6. The molecule has 2 aromatic carbocycles. The molecule has 2 N–H and O–H groups in total. The van der Waals surface area contributed by atoms with Crippen LogP contribution < -0.4 is 10.6 Å². The highest BCUT2D eigenvalue weighted by Gasteiger charge is 2.22. The van der Waals surface area contributed by atoms with Crippen molar-refractivity contribution in [2.45, 2.75) is 24.3 Å². The minimum atomic E-state index is -0.966. The zero-order chi connectivity index (χ0) is 21.5. The van der Waals surface area contributed by atoms with Crippen molar-refractivity contribution in [2.24, 2.45) is 5.92 Å². The molecule has 0 atom stereocenters. The third-order valence-corrected chi connectivity index (χ3v) is 6.07. The number of benzene rings is 2. The Morgan fingerprint density at radius 2 is 1.83 bits per heavy atom. The van der Waals surface area contributed by atoms with Crippen molar-refractivity contribution in [3.8, 4) is 0 Å². The maximum absolute atomic E-state index is 13.6. The fraction of sp³-hybridized carbons (Fsp3) is 0.364. The molecule has 1 fully saturated rings. The van der Waals surface area contributed by atoms with Crippen molar-refractivity contribution in [1.82, 2.24) is 10.2 Å². The Morgan fingerprint density at radius 1 is 1.10 bits per heavy atom. The molecule has 1 aliphatic heterocycles. The number of rotatable bonds is 6.